The molecule has 0 aliphatic heterocycles. The number of para-hydroxylation sites is 1. The van der Waals surface area contributed by atoms with Crippen molar-refractivity contribution in [3.8, 4) is 39.9 Å². The molecule has 0 saturated heterocycles. The largest absolute Gasteiger partial charge is 0.309 e. The lowest BCUT2D eigenvalue weighted by Crippen LogP contribution is -2.01. The smallest absolute Gasteiger partial charge is 0.164 e. The van der Waals surface area contributed by atoms with Crippen LogP contribution in [0.1, 0.15) is 5.56 Å². The highest BCUT2D eigenvalue weighted by molar-refractivity contribution is 6.15. The van der Waals surface area contributed by atoms with Crippen LogP contribution in [0.4, 0.5) is 0 Å². The van der Waals surface area contributed by atoms with Gasteiger partial charge in [0.1, 0.15) is 0 Å². The zero-order valence-electron chi connectivity index (χ0n) is 29.5. The van der Waals surface area contributed by atoms with E-state index in [2.05, 4.69) is 169 Å². The monoisotopic (exact) mass is 688 g/mol. The lowest BCUT2D eigenvalue weighted by atomic mass is 10.00. The molecule has 0 bridgehead atoms. The van der Waals surface area contributed by atoms with Crippen LogP contribution in [0.3, 0.4) is 0 Å². The summed E-state index contributed by atoms with van der Waals surface area (Å²) in [4.78, 5) is 15.5. The minimum atomic E-state index is 0.643. The molecular weight excluding hydrogens is 657 g/mol. The lowest BCUT2D eigenvalue weighted by Gasteiger charge is -2.15. The van der Waals surface area contributed by atoms with E-state index in [1.54, 1.807) is 0 Å². The molecule has 11 rings (SSSR count). The molecule has 2 heterocycles. The molecule has 252 valence electrons. The standard InChI is InChI=1S/C50H32N4/c1-31-12-9-16-34-29-47-44(30-43(31)34)41-18-7-8-22-45(41)54(47)46-23-11-19-39-40(46)20-10-21-42(39)50-52-48(33-14-3-2-4-15-33)51-49(53-50)36-26-27-38-35(28-36)25-24-32-13-5-6-17-37(32)38/h2-30H,1H3. The van der Waals surface area contributed by atoms with Crippen molar-refractivity contribution in [1.82, 2.24) is 19.5 Å². The third kappa shape index (κ3) is 4.74. The maximum atomic E-state index is 5.22. The maximum absolute atomic E-state index is 5.22. The summed E-state index contributed by atoms with van der Waals surface area (Å²) in [5.74, 6) is 1.93. The van der Waals surface area contributed by atoms with Crippen LogP contribution in [-0.4, -0.2) is 19.5 Å². The summed E-state index contributed by atoms with van der Waals surface area (Å²) in [6.45, 7) is 2.19. The number of fused-ring (bicyclic) bond motifs is 8. The Morgan fingerprint density at radius 2 is 1.00 bits per heavy atom. The van der Waals surface area contributed by atoms with Crippen molar-refractivity contribution in [1.29, 1.82) is 0 Å². The fourth-order valence-corrected chi connectivity index (χ4v) is 8.33. The number of benzene rings is 9. The van der Waals surface area contributed by atoms with Crippen molar-refractivity contribution in [2.45, 2.75) is 6.92 Å². The summed E-state index contributed by atoms with van der Waals surface area (Å²) >= 11 is 0. The molecule has 54 heavy (non-hydrogen) atoms. The van der Waals surface area contributed by atoms with Crippen LogP contribution in [0.5, 0.6) is 0 Å². The second-order valence-electron chi connectivity index (χ2n) is 14.1. The fourth-order valence-electron chi connectivity index (χ4n) is 8.33. The van der Waals surface area contributed by atoms with Gasteiger partial charge in [-0.1, -0.05) is 146 Å². The highest BCUT2D eigenvalue weighted by atomic mass is 15.0. The molecule has 9 aromatic carbocycles. The number of rotatable bonds is 4. The van der Waals surface area contributed by atoms with E-state index >= 15 is 0 Å². The normalized spacial score (nSPS) is 11.8. The van der Waals surface area contributed by atoms with Crippen LogP contribution < -0.4 is 0 Å². The average Bonchev–Trinajstić information content (AvgIpc) is 3.55. The predicted octanol–water partition coefficient (Wildman–Crippen LogP) is 12.9. The van der Waals surface area contributed by atoms with Crippen molar-refractivity contribution < 1.29 is 0 Å². The summed E-state index contributed by atoms with van der Waals surface area (Å²) in [5, 5.41) is 12.0. The molecule has 0 aliphatic carbocycles. The molecule has 4 nitrogen and oxygen atoms in total. The molecule has 0 spiro atoms. The van der Waals surface area contributed by atoms with E-state index in [-0.39, 0.29) is 0 Å². The molecular formula is C50H32N4. The minimum absolute atomic E-state index is 0.643. The molecule has 0 aliphatic rings. The van der Waals surface area contributed by atoms with Crippen molar-refractivity contribution in [3.05, 3.63) is 181 Å². The quantitative estimate of drug-likeness (QED) is 0.173. The molecule has 2 aromatic heterocycles. The van der Waals surface area contributed by atoms with Crippen LogP contribution in [-0.2, 0) is 0 Å². The molecule has 11 aromatic rings. The maximum Gasteiger partial charge on any atom is 0.164 e. The second-order valence-corrected chi connectivity index (χ2v) is 14.1. The van der Waals surface area contributed by atoms with E-state index < -0.39 is 0 Å². The van der Waals surface area contributed by atoms with Crippen LogP contribution in [0.15, 0.2) is 176 Å². The molecule has 0 atom stereocenters. The topological polar surface area (TPSA) is 43.6 Å². The summed E-state index contributed by atoms with van der Waals surface area (Å²) in [7, 11) is 0. The van der Waals surface area contributed by atoms with Crippen molar-refractivity contribution in [2.24, 2.45) is 0 Å². The van der Waals surface area contributed by atoms with Gasteiger partial charge in [-0.2, -0.15) is 0 Å². The Morgan fingerprint density at radius 1 is 0.352 bits per heavy atom. The van der Waals surface area contributed by atoms with E-state index in [1.807, 2.05) is 18.2 Å². The SMILES string of the molecule is Cc1cccc2cc3c(cc12)c1ccccc1n3-c1cccc2c(-c3nc(-c4ccccc4)nc(-c4ccc5c(ccc6ccccc65)c4)n3)cccc12. The van der Waals surface area contributed by atoms with Crippen LogP contribution in [0.25, 0.3) is 105 Å². The number of nitrogens with zero attached hydrogens (tertiary/aromatic N) is 4. The third-order valence-corrected chi connectivity index (χ3v) is 10.9. The molecule has 0 amide bonds. The molecule has 0 unspecified atom stereocenters. The fraction of sp³-hybridized carbons (Fsp3) is 0.0200. The first-order chi connectivity index (χ1) is 26.7. The van der Waals surface area contributed by atoms with E-state index in [0.29, 0.717) is 17.5 Å². The zero-order chi connectivity index (χ0) is 35.8. The minimum Gasteiger partial charge on any atom is -0.309 e. The summed E-state index contributed by atoms with van der Waals surface area (Å²) in [6.07, 6.45) is 0. The van der Waals surface area contributed by atoms with Crippen LogP contribution in [0, 0.1) is 6.92 Å². The number of hydrogen-bond acceptors (Lipinski definition) is 3. The Morgan fingerprint density at radius 3 is 1.91 bits per heavy atom. The number of aromatic nitrogens is 4. The van der Waals surface area contributed by atoms with Gasteiger partial charge >= 0.3 is 0 Å². The zero-order valence-corrected chi connectivity index (χ0v) is 29.5. The predicted molar refractivity (Wildman–Crippen MR) is 225 cm³/mol. The Kier molecular flexibility index (Phi) is 6.73. The molecule has 4 heteroatoms. The Bertz CT molecular complexity index is 3290. The van der Waals surface area contributed by atoms with Gasteiger partial charge in [-0.3, -0.25) is 0 Å². The summed E-state index contributed by atoms with van der Waals surface area (Å²) in [6, 6.07) is 62.7. The van der Waals surface area contributed by atoms with Crippen LogP contribution in [0.2, 0.25) is 0 Å². The van der Waals surface area contributed by atoms with Crippen molar-refractivity contribution in [3.63, 3.8) is 0 Å². The van der Waals surface area contributed by atoms with Gasteiger partial charge in [0.15, 0.2) is 17.5 Å². The average molecular weight is 689 g/mol. The Labute approximate surface area is 311 Å². The first-order valence-electron chi connectivity index (χ1n) is 18.4. The molecule has 0 N–H and O–H groups in total. The van der Waals surface area contributed by atoms with Gasteiger partial charge in [0.25, 0.3) is 0 Å². The third-order valence-electron chi connectivity index (χ3n) is 10.9. The first-order valence-corrected chi connectivity index (χ1v) is 18.4. The second kappa shape index (κ2) is 11.9. The summed E-state index contributed by atoms with van der Waals surface area (Å²) < 4.78 is 2.42. The van der Waals surface area contributed by atoms with Gasteiger partial charge in [0.05, 0.1) is 16.7 Å². The van der Waals surface area contributed by atoms with Gasteiger partial charge < -0.3 is 4.57 Å². The van der Waals surface area contributed by atoms with Crippen molar-refractivity contribution in [2.75, 3.05) is 0 Å². The van der Waals surface area contributed by atoms with Gasteiger partial charge in [-0.25, -0.2) is 15.0 Å². The van der Waals surface area contributed by atoms with Gasteiger partial charge in [-0.15, -0.1) is 0 Å². The van der Waals surface area contributed by atoms with Gasteiger partial charge in [-0.05, 0) is 80.5 Å². The van der Waals surface area contributed by atoms with Crippen molar-refractivity contribution >= 4 is 64.9 Å². The molecule has 0 saturated carbocycles. The van der Waals surface area contributed by atoms with Gasteiger partial charge in [0.2, 0.25) is 0 Å². The van der Waals surface area contributed by atoms with E-state index in [4.69, 9.17) is 15.0 Å². The lowest BCUT2D eigenvalue weighted by molar-refractivity contribution is 1.08. The van der Waals surface area contributed by atoms with E-state index in [1.165, 1.54) is 54.3 Å². The number of aryl methyl sites for hydroxylation is 1. The van der Waals surface area contributed by atoms with Crippen LogP contribution >= 0.6 is 0 Å². The van der Waals surface area contributed by atoms with E-state index in [0.717, 1.165) is 38.5 Å². The molecule has 0 radical (unpaired) electrons. The Hall–Kier alpha value is -7.17. The van der Waals surface area contributed by atoms with E-state index in [9.17, 15) is 0 Å². The molecule has 0 fully saturated rings. The highest BCUT2D eigenvalue weighted by Crippen LogP contribution is 2.39. The number of hydrogen-bond donors (Lipinski definition) is 0. The summed E-state index contributed by atoms with van der Waals surface area (Å²) in [5.41, 5.74) is 7.62. The first kappa shape index (κ1) is 30.5. The highest BCUT2D eigenvalue weighted by Gasteiger charge is 2.19. The Balaban J connectivity index is 1.14. The van der Waals surface area contributed by atoms with Gasteiger partial charge in [0, 0.05) is 32.8 Å².